The van der Waals surface area contributed by atoms with Gasteiger partial charge in [0.1, 0.15) is 12.4 Å². The Morgan fingerprint density at radius 2 is 2.00 bits per heavy atom. The lowest BCUT2D eigenvalue weighted by atomic mass is 10.1. The van der Waals surface area contributed by atoms with Crippen LogP contribution in [0.15, 0.2) is 29.8 Å². The van der Waals surface area contributed by atoms with Crippen LogP contribution in [0.3, 0.4) is 0 Å². The van der Waals surface area contributed by atoms with E-state index in [0.29, 0.717) is 12.5 Å². The van der Waals surface area contributed by atoms with Crippen molar-refractivity contribution in [2.24, 2.45) is 5.92 Å². The highest BCUT2D eigenvalue weighted by atomic mass is 16.5. The number of aliphatic carboxylic acids is 1. The summed E-state index contributed by atoms with van der Waals surface area (Å²) in [5.74, 6) is 0.391. The SMILES string of the molecule is Cc1cccc(C)c1OC/C(=C/C(=O)O)C1CC1. The van der Waals surface area contributed by atoms with Crippen molar-refractivity contribution < 1.29 is 14.6 Å². The van der Waals surface area contributed by atoms with E-state index in [1.807, 2.05) is 32.0 Å². The first-order chi connectivity index (χ1) is 8.58. The van der Waals surface area contributed by atoms with Gasteiger partial charge in [0.05, 0.1) is 0 Å². The highest BCUT2D eigenvalue weighted by Gasteiger charge is 2.27. The standard InChI is InChI=1S/C15H18O3/c1-10-4-3-5-11(2)15(10)18-9-13(8-14(16)17)12-6-7-12/h3-5,8,12H,6-7,9H2,1-2H3,(H,16,17)/b13-8-. The molecule has 1 fully saturated rings. The summed E-state index contributed by atoms with van der Waals surface area (Å²) in [5.41, 5.74) is 3.06. The van der Waals surface area contributed by atoms with Gasteiger partial charge in [-0.1, -0.05) is 18.2 Å². The van der Waals surface area contributed by atoms with Crippen molar-refractivity contribution in [1.82, 2.24) is 0 Å². The van der Waals surface area contributed by atoms with E-state index >= 15 is 0 Å². The van der Waals surface area contributed by atoms with Gasteiger partial charge in [-0.25, -0.2) is 4.79 Å². The number of ether oxygens (including phenoxy) is 1. The molecule has 0 atom stereocenters. The fraction of sp³-hybridized carbons (Fsp3) is 0.400. The van der Waals surface area contributed by atoms with Gasteiger partial charge >= 0.3 is 5.97 Å². The molecule has 1 aliphatic rings. The van der Waals surface area contributed by atoms with Crippen LogP contribution < -0.4 is 4.74 Å². The minimum Gasteiger partial charge on any atom is -0.489 e. The summed E-state index contributed by atoms with van der Waals surface area (Å²) in [7, 11) is 0. The van der Waals surface area contributed by atoms with Gasteiger partial charge in [0, 0.05) is 6.08 Å². The molecule has 0 heterocycles. The van der Waals surface area contributed by atoms with Gasteiger partial charge in [-0.05, 0) is 49.3 Å². The largest absolute Gasteiger partial charge is 0.489 e. The van der Waals surface area contributed by atoms with Gasteiger partial charge in [-0.15, -0.1) is 0 Å². The van der Waals surface area contributed by atoms with Crippen molar-refractivity contribution in [2.75, 3.05) is 6.61 Å². The predicted octanol–water partition coefficient (Wildman–Crippen LogP) is 3.10. The van der Waals surface area contributed by atoms with Crippen molar-refractivity contribution in [1.29, 1.82) is 0 Å². The smallest absolute Gasteiger partial charge is 0.328 e. The molecule has 0 aliphatic heterocycles. The molecule has 1 aliphatic carbocycles. The average molecular weight is 246 g/mol. The summed E-state index contributed by atoms with van der Waals surface area (Å²) in [6, 6.07) is 5.99. The van der Waals surface area contributed by atoms with Crippen molar-refractivity contribution in [3.05, 3.63) is 41.0 Å². The third-order valence-corrected chi connectivity index (χ3v) is 3.20. The van der Waals surface area contributed by atoms with Gasteiger partial charge in [-0.3, -0.25) is 0 Å². The second-order valence-electron chi connectivity index (χ2n) is 4.84. The molecule has 1 N–H and O–H groups in total. The lowest BCUT2D eigenvalue weighted by molar-refractivity contribution is -0.131. The highest BCUT2D eigenvalue weighted by molar-refractivity contribution is 5.81. The molecule has 0 unspecified atom stereocenters. The number of carbonyl (C=O) groups is 1. The van der Waals surface area contributed by atoms with E-state index in [4.69, 9.17) is 9.84 Å². The average Bonchev–Trinajstić information content (AvgIpc) is 3.10. The molecule has 2 rings (SSSR count). The van der Waals surface area contributed by atoms with E-state index in [0.717, 1.165) is 35.3 Å². The number of benzene rings is 1. The molecule has 0 radical (unpaired) electrons. The van der Waals surface area contributed by atoms with Gasteiger partial charge < -0.3 is 9.84 Å². The molecule has 3 nitrogen and oxygen atoms in total. The Bertz CT molecular complexity index is 464. The van der Waals surface area contributed by atoms with E-state index in [1.165, 1.54) is 6.08 Å². The zero-order chi connectivity index (χ0) is 13.1. The van der Waals surface area contributed by atoms with E-state index in [1.54, 1.807) is 0 Å². The zero-order valence-corrected chi connectivity index (χ0v) is 10.8. The summed E-state index contributed by atoms with van der Waals surface area (Å²) in [4.78, 5) is 10.8. The Hall–Kier alpha value is -1.77. The normalized spacial score (nSPS) is 15.6. The summed E-state index contributed by atoms with van der Waals surface area (Å²) in [5, 5.41) is 8.83. The van der Waals surface area contributed by atoms with Crippen molar-refractivity contribution in [3.63, 3.8) is 0 Å². The Kier molecular flexibility index (Phi) is 3.70. The first kappa shape index (κ1) is 12.7. The van der Waals surface area contributed by atoms with Crippen molar-refractivity contribution >= 4 is 5.97 Å². The zero-order valence-electron chi connectivity index (χ0n) is 10.8. The molecule has 1 aromatic carbocycles. The van der Waals surface area contributed by atoms with E-state index in [-0.39, 0.29) is 0 Å². The second-order valence-corrected chi connectivity index (χ2v) is 4.84. The number of hydrogen-bond donors (Lipinski definition) is 1. The lowest BCUT2D eigenvalue weighted by Gasteiger charge is -2.13. The first-order valence-corrected chi connectivity index (χ1v) is 6.20. The molecule has 3 heteroatoms. The van der Waals surface area contributed by atoms with Gasteiger partial charge in [0.2, 0.25) is 0 Å². The minimum absolute atomic E-state index is 0.378. The van der Waals surface area contributed by atoms with Crippen LogP contribution in [0.5, 0.6) is 5.75 Å². The van der Waals surface area contributed by atoms with Crippen molar-refractivity contribution in [3.8, 4) is 5.75 Å². The Morgan fingerprint density at radius 1 is 1.39 bits per heavy atom. The maximum absolute atomic E-state index is 10.8. The number of aryl methyl sites for hydroxylation is 2. The number of rotatable bonds is 5. The van der Waals surface area contributed by atoms with Crippen LogP contribution >= 0.6 is 0 Å². The molecule has 96 valence electrons. The molecule has 1 saturated carbocycles. The Labute approximate surface area is 107 Å². The van der Waals surface area contributed by atoms with Crippen LogP contribution in [0.25, 0.3) is 0 Å². The molecule has 1 aromatic rings. The molecular formula is C15H18O3. The quantitative estimate of drug-likeness (QED) is 0.812. The summed E-state index contributed by atoms with van der Waals surface area (Å²) in [6.07, 6.45) is 3.45. The Morgan fingerprint density at radius 3 is 2.50 bits per heavy atom. The van der Waals surface area contributed by atoms with Crippen LogP contribution in [0, 0.1) is 19.8 Å². The van der Waals surface area contributed by atoms with Gasteiger partial charge in [-0.2, -0.15) is 0 Å². The van der Waals surface area contributed by atoms with Crippen LogP contribution in [-0.2, 0) is 4.79 Å². The van der Waals surface area contributed by atoms with Gasteiger partial charge in [0.25, 0.3) is 0 Å². The van der Waals surface area contributed by atoms with Crippen LogP contribution in [0.1, 0.15) is 24.0 Å². The third-order valence-electron chi connectivity index (χ3n) is 3.20. The van der Waals surface area contributed by atoms with E-state index < -0.39 is 5.97 Å². The van der Waals surface area contributed by atoms with Crippen LogP contribution in [0.4, 0.5) is 0 Å². The highest BCUT2D eigenvalue weighted by Crippen LogP contribution is 2.37. The monoisotopic (exact) mass is 246 g/mol. The second kappa shape index (κ2) is 5.25. The topological polar surface area (TPSA) is 46.5 Å². The molecule has 0 bridgehead atoms. The Balaban J connectivity index is 2.08. The molecule has 0 saturated heterocycles. The minimum atomic E-state index is -0.887. The lowest BCUT2D eigenvalue weighted by Crippen LogP contribution is -2.07. The molecule has 0 spiro atoms. The fourth-order valence-electron chi connectivity index (χ4n) is 2.07. The van der Waals surface area contributed by atoms with E-state index in [2.05, 4.69) is 0 Å². The first-order valence-electron chi connectivity index (χ1n) is 6.20. The maximum atomic E-state index is 10.8. The van der Waals surface area contributed by atoms with Crippen LogP contribution in [-0.4, -0.2) is 17.7 Å². The van der Waals surface area contributed by atoms with Gasteiger partial charge in [0.15, 0.2) is 0 Å². The van der Waals surface area contributed by atoms with Crippen LogP contribution in [0.2, 0.25) is 0 Å². The third kappa shape index (κ3) is 3.13. The fourth-order valence-corrected chi connectivity index (χ4v) is 2.07. The van der Waals surface area contributed by atoms with E-state index in [9.17, 15) is 4.79 Å². The summed E-state index contributed by atoms with van der Waals surface area (Å²) in [6.45, 7) is 4.38. The molecular weight excluding hydrogens is 228 g/mol. The number of carboxylic acid groups (broad SMARTS) is 1. The molecule has 18 heavy (non-hydrogen) atoms. The molecule has 0 amide bonds. The maximum Gasteiger partial charge on any atom is 0.328 e. The number of carboxylic acids is 1. The predicted molar refractivity (Wildman–Crippen MR) is 69.9 cm³/mol. The summed E-state index contributed by atoms with van der Waals surface area (Å²) < 4.78 is 5.80. The summed E-state index contributed by atoms with van der Waals surface area (Å²) >= 11 is 0. The molecule has 0 aromatic heterocycles. The number of hydrogen-bond acceptors (Lipinski definition) is 2. The number of para-hydroxylation sites is 1. The van der Waals surface area contributed by atoms with Crippen molar-refractivity contribution in [2.45, 2.75) is 26.7 Å².